The van der Waals surface area contributed by atoms with Crippen molar-refractivity contribution in [3.8, 4) is 0 Å². The zero-order valence-electron chi connectivity index (χ0n) is 13.3. The molecule has 2 heterocycles. The maximum atomic E-state index is 12.3. The van der Waals surface area contributed by atoms with Crippen molar-refractivity contribution in [2.45, 2.75) is 70.9 Å². The number of fused-ring (bicyclic) bond motifs is 1. The van der Waals surface area contributed by atoms with E-state index < -0.39 is 0 Å². The highest BCUT2D eigenvalue weighted by Gasteiger charge is 2.33. The van der Waals surface area contributed by atoms with E-state index in [1.165, 1.54) is 32.1 Å². The molecule has 1 amide bonds. The molecule has 3 rings (SSSR count). The van der Waals surface area contributed by atoms with Gasteiger partial charge in [0.15, 0.2) is 5.82 Å². The van der Waals surface area contributed by atoms with Crippen LogP contribution in [0, 0.1) is 5.41 Å². The first kappa shape index (κ1) is 15.5. The fourth-order valence-corrected chi connectivity index (χ4v) is 3.83. The molecule has 6 heteroatoms. The lowest BCUT2D eigenvalue weighted by atomic mass is 9.71. The Bertz CT molecular complexity index is 519. The van der Waals surface area contributed by atoms with Crippen molar-refractivity contribution in [2.75, 3.05) is 6.54 Å². The van der Waals surface area contributed by atoms with Crippen molar-refractivity contribution in [2.24, 2.45) is 11.1 Å². The lowest BCUT2D eigenvalue weighted by molar-refractivity contribution is -0.124. The Balaban J connectivity index is 1.55. The van der Waals surface area contributed by atoms with Crippen LogP contribution >= 0.6 is 0 Å². The van der Waals surface area contributed by atoms with E-state index in [1.807, 2.05) is 0 Å². The van der Waals surface area contributed by atoms with Crippen LogP contribution in [0.15, 0.2) is 0 Å². The highest BCUT2D eigenvalue weighted by Crippen LogP contribution is 2.38. The molecule has 0 unspecified atom stereocenters. The number of carbonyl (C=O) groups excluding carboxylic acids is 1. The van der Waals surface area contributed by atoms with E-state index in [0.29, 0.717) is 19.5 Å². The van der Waals surface area contributed by atoms with Gasteiger partial charge >= 0.3 is 0 Å². The Morgan fingerprint density at radius 1 is 1.18 bits per heavy atom. The van der Waals surface area contributed by atoms with Crippen LogP contribution < -0.4 is 11.1 Å². The molecule has 0 bridgehead atoms. The number of nitrogens with two attached hydrogens (primary N) is 1. The van der Waals surface area contributed by atoms with Gasteiger partial charge in [0.05, 0.1) is 6.54 Å². The van der Waals surface area contributed by atoms with Gasteiger partial charge < -0.3 is 15.6 Å². The van der Waals surface area contributed by atoms with Crippen molar-refractivity contribution in [3.63, 3.8) is 0 Å². The third-order valence-electron chi connectivity index (χ3n) is 5.26. The largest absolute Gasteiger partial charge is 0.349 e. The molecule has 122 valence electrons. The predicted octanol–water partition coefficient (Wildman–Crippen LogP) is 1.53. The quantitative estimate of drug-likeness (QED) is 0.864. The molecular weight excluding hydrogens is 278 g/mol. The first-order chi connectivity index (χ1) is 10.7. The highest BCUT2D eigenvalue weighted by atomic mass is 16.1. The number of amides is 1. The van der Waals surface area contributed by atoms with Gasteiger partial charge in [-0.05, 0) is 37.6 Å². The normalized spacial score (nSPS) is 20.4. The average molecular weight is 305 g/mol. The van der Waals surface area contributed by atoms with Crippen LogP contribution in [0.25, 0.3) is 0 Å². The standard InChI is InChI=1S/C16H27N5O/c17-12-16(7-3-1-4-8-16)10-15(22)18-11-14-20-19-13-6-2-5-9-21(13)14/h1-12,17H2,(H,18,22). The smallest absolute Gasteiger partial charge is 0.220 e. The molecule has 0 saturated heterocycles. The van der Waals surface area contributed by atoms with Crippen LogP contribution in [0.1, 0.15) is 63.0 Å². The van der Waals surface area contributed by atoms with E-state index in [2.05, 4.69) is 20.1 Å². The van der Waals surface area contributed by atoms with Crippen LogP contribution in [0.4, 0.5) is 0 Å². The van der Waals surface area contributed by atoms with Crippen molar-refractivity contribution >= 4 is 5.91 Å². The van der Waals surface area contributed by atoms with Crippen LogP contribution in [0.3, 0.4) is 0 Å². The summed E-state index contributed by atoms with van der Waals surface area (Å²) in [6.45, 7) is 2.06. The van der Waals surface area contributed by atoms with Crippen LogP contribution in [-0.4, -0.2) is 27.2 Å². The summed E-state index contributed by atoms with van der Waals surface area (Å²) < 4.78 is 2.16. The average Bonchev–Trinajstić information content (AvgIpc) is 2.97. The minimum Gasteiger partial charge on any atom is -0.349 e. The van der Waals surface area contributed by atoms with Crippen molar-refractivity contribution in [1.82, 2.24) is 20.1 Å². The zero-order chi connectivity index (χ0) is 15.4. The molecule has 1 fully saturated rings. The van der Waals surface area contributed by atoms with Crippen molar-refractivity contribution in [1.29, 1.82) is 0 Å². The number of rotatable bonds is 5. The Labute approximate surface area is 131 Å². The molecular formula is C16H27N5O. The summed E-state index contributed by atoms with van der Waals surface area (Å²) >= 11 is 0. The monoisotopic (exact) mass is 305 g/mol. The molecule has 2 aliphatic rings. The number of hydrogen-bond acceptors (Lipinski definition) is 4. The first-order valence-corrected chi connectivity index (χ1v) is 8.60. The molecule has 1 aromatic heterocycles. The Morgan fingerprint density at radius 2 is 2.00 bits per heavy atom. The molecule has 1 saturated carbocycles. The van der Waals surface area contributed by atoms with Crippen LogP contribution in [0.5, 0.6) is 0 Å². The molecule has 6 nitrogen and oxygen atoms in total. The lowest BCUT2D eigenvalue weighted by Crippen LogP contribution is -2.38. The molecule has 0 spiro atoms. The van der Waals surface area contributed by atoms with E-state index in [9.17, 15) is 4.79 Å². The summed E-state index contributed by atoms with van der Waals surface area (Å²) in [4.78, 5) is 12.3. The molecule has 1 aliphatic heterocycles. The minimum absolute atomic E-state index is 0.0204. The summed E-state index contributed by atoms with van der Waals surface area (Å²) in [7, 11) is 0. The number of aromatic nitrogens is 3. The fourth-order valence-electron chi connectivity index (χ4n) is 3.83. The lowest BCUT2D eigenvalue weighted by Gasteiger charge is -2.35. The van der Waals surface area contributed by atoms with Gasteiger partial charge in [0.1, 0.15) is 5.82 Å². The van der Waals surface area contributed by atoms with Crippen molar-refractivity contribution < 1.29 is 4.79 Å². The summed E-state index contributed by atoms with van der Waals surface area (Å²) in [5, 5.41) is 11.5. The van der Waals surface area contributed by atoms with E-state index in [1.54, 1.807) is 0 Å². The van der Waals surface area contributed by atoms with Gasteiger partial charge in [0.25, 0.3) is 0 Å². The number of nitrogens with one attached hydrogen (secondary N) is 1. The maximum Gasteiger partial charge on any atom is 0.220 e. The second-order valence-electron chi connectivity index (χ2n) is 6.86. The van der Waals surface area contributed by atoms with Gasteiger partial charge in [-0.2, -0.15) is 0 Å². The summed E-state index contributed by atoms with van der Waals surface area (Å²) in [5.74, 6) is 2.04. The van der Waals surface area contributed by atoms with E-state index in [-0.39, 0.29) is 11.3 Å². The molecule has 0 atom stereocenters. The molecule has 1 aliphatic carbocycles. The number of carbonyl (C=O) groups is 1. The molecule has 0 aromatic carbocycles. The molecule has 1 aromatic rings. The zero-order valence-corrected chi connectivity index (χ0v) is 13.3. The molecule has 22 heavy (non-hydrogen) atoms. The summed E-state index contributed by atoms with van der Waals surface area (Å²) in [5.41, 5.74) is 5.98. The third-order valence-corrected chi connectivity index (χ3v) is 5.26. The maximum absolute atomic E-state index is 12.3. The third kappa shape index (κ3) is 3.32. The SMILES string of the molecule is NCC1(CC(=O)NCc2nnc3n2CCCC3)CCCCC1. The molecule has 3 N–H and O–H groups in total. The highest BCUT2D eigenvalue weighted by molar-refractivity contribution is 5.76. The number of nitrogens with zero attached hydrogens (tertiary/aromatic N) is 3. The number of aryl methyl sites for hydroxylation is 1. The predicted molar refractivity (Wildman–Crippen MR) is 84.0 cm³/mol. The van der Waals surface area contributed by atoms with Gasteiger partial charge in [-0.1, -0.05) is 19.3 Å². The van der Waals surface area contributed by atoms with Gasteiger partial charge in [-0.3, -0.25) is 4.79 Å². The second-order valence-corrected chi connectivity index (χ2v) is 6.86. The van der Waals surface area contributed by atoms with Gasteiger partial charge in [0.2, 0.25) is 5.91 Å². The summed E-state index contributed by atoms with van der Waals surface area (Å²) in [6, 6.07) is 0. The van der Waals surface area contributed by atoms with Gasteiger partial charge in [-0.15, -0.1) is 10.2 Å². The van der Waals surface area contributed by atoms with Crippen LogP contribution in [0.2, 0.25) is 0 Å². The first-order valence-electron chi connectivity index (χ1n) is 8.60. The number of hydrogen-bond donors (Lipinski definition) is 2. The van der Waals surface area contributed by atoms with Gasteiger partial charge in [-0.25, -0.2) is 0 Å². The minimum atomic E-state index is 0.0204. The van der Waals surface area contributed by atoms with Crippen molar-refractivity contribution in [3.05, 3.63) is 11.6 Å². The Hall–Kier alpha value is -1.43. The Morgan fingerprint density at radius 3 is 2.77 bits per heavy atom. The van der Waals surface area contributed by atoms with E-state index >= 15 is 0 Å². The topological polar surface area (TPSA) is 85.8 Å². The fraction of sp³-hybridized carbons (Fsp3) is 0.812. The van der Waals surface area contributed by atoms with Gasteiger partial charge in [0, 0.05) is 19.4 Å². The second kappa shape index (κ2) is 6.77. The van der Waals surface area contributed by atoms with E-state index in [0.717, 1.165) is 37.5 Å². The van der Waals surface area contributed by atoms with E-state index in [4.69, 9.17) is 5.73 Å². The molecule has 0 radical (unpaired) electrons. The van der Waals surface area contributed by atoms with Crippen LogP contribution in [-0.2, 0) is 24.3 Å². The Kier molecular flexibility index (Phi) is 4.76. The summed E-state index contributed by atoms with van der Waals surface area (Å²) in [6.07, 6.45) is 9.72.